The van der Waals surface area contributed by atoms with Crippen LogP contribution in [0.25, 0.3) is 10.9 Å². The van der Waals surface area contributed by atoms with Crippen molar-refractivity contribution in [1.29, 1.82) is 0 Å². The second-order valence-electron chi connectivity index (χ2n) is 5.36. The van der Waals surface area contributed by atoms with Crippen LogP contribution in [-0.2, 0) is 0 Å². The molecule has 0 saturated carbocycles. The van der Waals surface area contributed by atoms with Gasteiger partial charge in [0.15, 0.2) is 0 Å². The number of benzene rings is 2. The van der Waals surface area contributed by atoms with Crippen LogP contribution >= 0.6 is 0 Å². The van der Waals surface area contributed by atoms with Crippen molar-refractivity contribution in [2.45, 2.75) is 19.9 Å². The van der Waals surface area contributed by atoms with E-state index in [2.05, 4.69) is 66.7 Å². The highest BCUT2D eigenvalue weighted by atomic mass is 15.2. The van der Waals surface area contributed by atoms with Gasteiger partial charge in [0.2, 0.25) is 0 Å². The fourth-order valence-corrected chi connectivity index (χ4v) is 2.89. The Bertz CT molecular complexity index is 760. The molecule has 106 valence electrons. The van der Waals surface area contributed by atoms with E-state index in [0.717, 1.165) is 16.5 Å². The minimum Gasteiger partial charge on any atom is -0.271 e. The summed E-state index contributed by atoms with van der Waals surface area (Å²) < 4.78 is 0. The quantitative estimate of drug-likeness (QED) is 0.570. The van der Waals surface area contributed by atoms with Crippen LogP contribution in [0.15, 0.2) is 54.7 Å². The van der Waals surface area contributed by atoms with Crippen LogP contribution in [-0.4, -0.2) is 4.98 Å². The van der Waals surface area contributed by atoms with Crippen LogP contribution in [0.1, 0.15) is 28.3 Å². The van der Waals surface area contributed by atoms with Crippen molar-refractivity contribution in [2.75, 3.05) is 0 Å². The predicted octanol–water partition coefficient (Wildman–Crippen LogP) is 3.40. The minimum atomic E-state index is -0.0300. The molecular formula is C18H19N3. The van der Waals surface area contributed by atoms with Crippen molar-refractivity contribution in [2.24, 2.45) is 5.84 Å². The van der Waals surface area contributed by atoms with Crippen LogP contribution in [0.2, 0.25) is 0 Å². The molecule has 0 amide bonds. The van der Waals surface area contributed by atoms with Gasteiger partial charge in [0.05, 0.1) is 11.6 Å². The Hall–Kier alpha value is -2.23. The zero-order chi connectivity index (χ0) is 14.8. The number of pyridine rings is 1. The molecule has 0 aliphatic rings. The van der Waals surface area contributed by atoms with Crippen LogP contribution in [0.5, 0.6) is 0 Å². The fourth-order valence-electron chi connectivity index (χ4n) is 2.89. The summed E-state index contributed by atoms with van der Waals surface area (Å²) in [6, 6.07) is 16.6. The molecule has 0 fully saturated rings. The lowest BCUT2D eigenvalue weighted by molar-refractivity contribution is 0.631. The summed E-state index contributed by atoms with van der Waals surface area (Å²) >= 11 is 0. The van der Waals surface area contributed by atoms with E-state index in [0.29, 0.717) is 0 Å². The Balaban J connectivity index is 2.14. The zero-order valence-corrected chi connectivity index (χ0v) is 12.3. The third kappa shape index (κ3) is 2.53. The summed E-state index contributed by atoms with van der Waals surface area (Å²) in [5.41, 5.74) is 8.77. The van der Waals surface area contributed by atoms with Crippen molar-refractivity contribution < 1.29 is 0 Å². The fraction of sp³-hybridized carbons (Fsp3) is 0.167. The van der Waals surface area contributed by atoms with Gasteiger partial charge in [0.25, 0.3) is 0 Å². The lowest BCUT2D eigenvalue weighted by Gasteiger charge is -2.21. The summed E-state index contributed by atoms with van der Waals surface area (Å²) in [6.45, 7) is 4.23. The number of fused-ring (bicyclic) bond motifs is 1. The van der Waals surface area contributed by atoms with E-state index in [9.17, 15) is 0 Å². The Morgan fingerprint density at radius 1 is 1.00 bits per heavy atom. The first-order valence-electron chi connectivity index (χ1n) is 7.07. The lowest BCUT2D eigenvalue weighted by atomic mass is 9.91. The standard InChI is InChI=1S/C18H19N3/c1-12-5-3-6-13(2)17(12)18(21-19)15-9-8-14-7-4-10-20-16(14)11-15/h3-11,18,21H,19H2,1-2H3. The van der Waals surface area contributed by atoms with Crippen molar-refractivity contribution in [3.05, 3.63) is 77.0 Å². The van der Waals surface area contributed by atoms with Gasteiger partial charge in [-0.15, -0.1) is 0 Å². The topological polar surface area (TPSA) is 50.9 Å². The second kappa shape index (κ2) is 5.64. The summed E-state index contributed by atoms with van der Waals surface area (Å²) in [5, 5.41) is 1.14. The van der Waals surface area contributed by atoms with Gasteiger partial charge in [0, 0.05) is 11.6 Å². The average Bonchev–Trinajstić information content (AvgIpc) is 2.50. The number of nitrogens with one attached hydrogen (secondary N) is 1. The SMILES string of the molecule is Cc1cccc(C)c1C(NN)c1ccc2cccnc2c1. The van der Waals surface area contributed by atoms with E-state index in [-0.39, 0.29) is 6.04 Å². The Labute approximate surface area is 124 Å². The first-order valence-corrected chi connectivity index (χ1v) is 7.07. The van der Waals surface area contributed by atoms with Gasteiger partial charge in [0.1, 0.15) is 0 Å². The molecule has 1 unspecified atom stereocenters. The average molecular weight is 277 g/mol. The molecule has 0 radical (unpaired) electrons. The summed E-state index contributed by atoms with van der Waals surface area (Å²) in [6.07, 6.45) is 1.82. The third-order valence-electron chi connectivity index (χ3n) is 3.96. The molecule has 1 aromatic heterocycles. The first-order chi connectivity index (χ1) is 10.2. The van der Waals surface area contributed by atoms with Crippen molar-refractivity contribution in [3.8, 4) is 0 Å². The summed E-state index contributed by atoms with van der Waals surface area (Å²) in [4.78, 5) is 4.43. The molecule has 3 nitrogen and oxygen atoms in total. The first kappa shape index (κ1) is 13.7. The highest BCUT2D eigenvalue weighted by Gasteiger charge is 2.17. The smallest absolute Gasteiger partial charge is 0.0715 e. The Morgan fingerprint density at radius 2 is 1.76 bits per heavy atom. The van der Waals surface area contributed by atoms with Crippen LogP contribution in [0.3, 0.4) is 0 Å². The molecule has 0 aliphatic heterocycles. The normalized spacial score (nSPS) is 12.5. The maximum atomic E-state index is 5.85. The number of aryl methyl sites for hydroxylation is 2. The molecule has 1 heterocycles. The van der Waals surface area contributed by atoms with Gasteiger partial charge in [-0.2, -0.15) is 0 Å². The highest BCUT2D eigenvalue weighted by Crippen LogP contribution is 2.28. The van der Waals surface area contributed by atoms with Gasteiger partial charge in [-0.25, -0.2) is 5.43 Å². The van der Waals surface area contributed by atoms with Crippen molar-refractivity contribution in [3.63, 3.8) is 0 Å². The number of nitrogens with two attached hydrogens (primary N) is 1. The largest absolute Gasteiger partial charge is 0.271 e. The van der Waals surface area contributed by atoms with E-state index in [4.69, 9.17) is 5.84 Å². The van der Waals surface area contributed by atoms with E-state index in [1.54, 1.807) is 0 Å². The maximum absolute atomic E-state index is 5.85. The molecule has 0 spiro atoms. The molecule has 3 heteroatoms. The van der Waals surface area contributed by atoms with Gasteiger partial charge < -0.3 is 0 Å². The van der Waals surface area contributed by atoms with E-state index < -0.39 is 0 Å². The van der Waals surface area contributed by atoms with Gasteiger partial charge in [-0.1, -0.05) is 36.4 Å². The van der Waals surface area contributed by atoms with Crippen LogP contribution < -0.4 is 11.3 Å². The number of hydrogen-bond donors (Lipinski definition) is 2. The minimum absolute atomic E-state index is 0.0300. The molecule has 3 aromatic rings. The van der Waals surface area contributed by atoms with E-state index >= 15 is 0 Å². The molecule has 1 atom stereocenters. The number of aromatic nitrogens is 1. The molecular weight excluding hydrogens is 258 g/mol. The number of nitrogens with zero attached hydrogens (tertiary/aromatic N) is 1. The maximum Gasteiger partial charge on any atom is 0.0715 e. The molecule has 0 bridgehead atoms. The van der Waals surface area contributed by atoms with Gasteiger partial charge >= 0.3 is 0 Å². The Morgan fingerprint density at radius 3 is 2.48 bits per heavy atom. The summed E-state index contributed by atoms with van der Waals surface area (Å²) in [7, 11) is 0. The Kier molecular flexibility index (Phi) is 3.69. The lowest BCUT2D eigenvalue weighted by Crippen LogP contribution is -2.30. The van der Waals surface area contributed by atoms with Gasteiger partial charge in [-0.3, -0.25) is 10.8 Å². The highest BCUT2D eigenvalue weighted by molar-refractivity contribution is 5.79. The third-order valence-corrected chi connectivity index (χ3v) is 3.96. The monoisotopic (exact) mass is 277 g/mol. The molecule has 2 aromatic carbocycles. The molecule has 21 heavy (non-hydrogen) atoms. The van der Waals surface area contributed by atoms with Crippen molar-refractivity contribution >= 4 is 10.9 Å². The van der Waals surface area contributed by atoms with Crippen molar-refractivity contribution in [1.82, 2.24) is 10.4 Å². The molecule has 3 rings (SSSR count). The number of hydrogen-bond acceptors (Lipinski definition) is 3. The second-order valence-corrected chi connectivity index (χ2v) is 5.36. The number of hydrazine groups is 1. The predicted molar refractivity (Wildman–Crippen MR) is 86.8 cm³/mol. The molecule has 3 N–H and O–H groups in total. The molecule has 0 saturated heterocycles. The van der Waals surface area contributed by atoms with E-state index in [1.165, 1.54) is 16.7 Å². The zero-order valence-electron chi connectivity index (χ0n) is 12.3. The summed E-state index contributed by atoms with van der Waals surface area (Å²) in [5.74, 6) is 5.85. The molecule has 0 aliphatic carbocycles. The van der Waals surface area contributed by atoms with Crippen LogP contribution in [0.4, 0.5) is 0 Å². The number of rotatable bonds is 3. The van der Waals surface area contributed by atoms with E-state index in [1.807, 2.05) is 12.3 Å². The van der Waals surface area contributed by atoms with Gasteiger partial charge in [-0.05, 0) is 48.2 Å². The van der Waals surface area contributed by atoms with Crippen LogP contribution in [0, 0.1) is 13.8 Å².